The molecule has 0 bridgehead atoms. The van der Waals surface area contributed by atoms with E-state index in [-0.39, 0.29) is 10.8 Å². The van der Waals surface area contributed by atoms with Crippen LogP contribution in [-0.2, 0) is 10.8 Å². The Balaban J connectivity index is 1.21. The Kier molecular flexibility index (Phi) is 8.32. The summed E-state index contributed by atoms with van der Waals surface area (Å²) in [7, 11) is 2.46. The van der Waals surface area contributed by atoms with Crippen LogP contribution >= 0.6 is 0 Å². The molecule has 0 saturated carbocycles. The van der Waals surface area contributed by atoms with Crippen LogP contribution in [0, 0.1) is 13.8 Å². The lowest BCUT2D eigenvalue weighted by atomic mass is 9.57. The van der Waals surface area contributed by atoms with Gasteiger partial charge in [-0.1, -0.05) is 155 Å². The van der Waals surface area contributed by atoms with Crippen LogP contribution in [0.25, 0.3) is 44.2 Å². The summed E-state index contributed by atoms with van der Waals surface area (Å²) in [5.74, 6) is 0. The van der Waals surface area contributed by atoms with Crippen molar-refractivity contribution >= 4 is 57.4 Å². The average molecular weight is 748 g/mol. The lowest BCUT2D eigenvalue weighted by Gasteiger charge is -2.37. The van der Waals surface area contributed by atoms with Crippen LogP contribution in [0.3, 0.4) is 0 Å². The van der Waals surface area contributed by atoms with Gasteiger partial charge in [-0.05, 0) is 134 Å². The van der Waals surface area contributed by atoms with Crippen molar-refractivity contribution in [2.24, 2.45) is 0 Å². The zero-order chi connectivity index (χ0) is 39.9. The summed E-state index contributed by atoms with van der Waals surface area (Å²) < 4.78 is 0. The molecule has 3 heteroatoms. The summed E-state index contributed by atoms with van der Waals surface area (Å²) in [4.78, 5) is 2.55. The molecule has 0 aromatic heterocycles. The van der Waals surface area contributed by atoms with E-state index in [0.29, 0.717) is 0 Å². The number of benzene rings is 8. The zero-order valence-electron chi connectivity index (χ0n) is 34.5. The Morgan fingerprint density at radius 2 is 1.31 bits per heavy atom. The minimum Gasteiger partial charge on any atom is -0.355 e. The smallest absolute Gasteiger partial charge is 0.197 e. The number of nitrogens with zero attached hydrogens (tertiary/aromatic N) is 1. The second kappa shape index (κ2) is 13.4. The van der Waals surface area contributed by atoms with Gasteiger partial charge in [0.1, 0.15) is 0 Å². The zero-order valence-corrected chi connectivity index (χ0v) is 34.5. The molecule has 8 aromatic rings. The van der Waals surface area contributed by atoms with Gasteiger partial charge in [0.05, 0.1) is 0 Å². The fraction of sp³-hybridized carbons (Fsp3) is 0.164. The highest BCUT2D eigenvalue weighted by Gasteiger charge is 2.38. The third-order valence-electron chi connectivity index (χ3n) is 12.6. The van der Waals surface area contributed by atoms with E-state index in [1.165, 1.54) is 100.0 Å². The Labute approximate surface area is 344 Å². The monoisotopic (exact) mass is 747 g/mol. The summed E-state index contributed by atoms with van der Waals surface area (Å²) in [6, 6.07) is 58.7. The largest absolute Gasteiger partial charge is 0.355 e. The minimum absolute atomic E-state index is 0.0867. The van der Waals surface area contributed by atoms with Gasteiger partial charge in [-0.3, -0.25) is 0 Å². The highest BCUT2D eigenvalue weighted by Crippen LogP contribution is 2.51. The molecule has 1 aliphatic carbocycles. The number of rotatable bonds is 5. The molecule has 1 N–H and O–H groups in total. The number of hydrogen-bond donors (Lipinski definition) is 1. The normalized spacial score (nSPS) is 13.7. The molecule has 2 aliphatic rings. The van der Waals surface area contributed by atoms with Crippen LogP contribution in [0.2, 0.25) is 0 Å². The van der Waals surface area contributed by atoms with Crippen LogP contribution in [-0.4, -0.2) is 7.28 Å². The van der Waals surface area contributed by atoms with Gasteiger partial charge in [0.15, 0.2) is 7.28 Å². The molecular weight excluding hydrogens is 699 g/mol. The van der Waals surface area contributed by atoms with Crippen molar-refractivity contribution in [3.8, 4) is 33.4 Å². The van der Waals surface area contributed by atoms with E-state index >= 15 is 0 Å². The van der Waals surface area contributed by atoms with Gasteiger partial charge in [0.25, 0.3) is 0 Å². The summed E-state index contributed by atoms with van der Waals surface area (Å²) in [5, 5.41) is 6.34. The van der Waals surface area contributed by atoms with Crippen LogP contribution < -0.4 is 21.1 Å². The molecule has 0 unspecified atom stereocenters. The van der Waals surface area contributed by atoms with Gasteiger partial charge in [-0.25, -0.2) is 0 Å². The minimum atomic E-state index is -0.120. The van der Waals surface area contributed by atoms with Crippen LogP contribution in [0.5, 0.6) is 0 Å². The van der Waals surface area contributed by atoms with Crippen molar-refractivity contribution in [3.63, 3.8) is 0 Å². The van der Waals surface area contributed by atoms with Crippen LogP contribution in [0.1, 0.15) is 62.4 Å². The fourth-order valence-electron chi connectivity index (χ4n) is 9.52. The molecule has 2 nitrogen and oxygen atoms in total. The van der Waals surface area contributed by atoms with Crippen LogP contribution in [0.4, 0.5) is 28.4 Å². The van der Waals surface area contributed by atoms with E-state index in [1.54, 1.807) is 0 Å². The van der Waals surface area contributed by atoms with E-state index in [4.69, 9.17) is 0 Å². The Bertz CT molecular complexity index is 2910. The van der Waals surface area contributed by atoms with Gasteiger partial charge in [0, 0.05) is 39.4 Å². The lowest BCUT2D eigenvalue weighted by molar-refractivity contribution is 0.590. The number of anilines is 5. The highest BCUT2D eigenvalue weighted by molar-refractivity contribution is 6.73. The Morgan fingerprint density at radius 1 is 0.569 bits per heavy atom. The molecule has 0 saturated heterocycles. The van der Waals surface area contributed by atoms with Crippen molar-refractivity contribution in [2.45, 2.75) is 59.3 Å². The van der Waals surface area contributed by atoms with Crippen molar-refractivity contribution in [1.29, 1.82) is 0 Å². The topological polar surface area (TPSA) is 15.3 Å². The summed E-state index contributed by atoms with van der Waals surface area (Å²) in [6.07, 6.45) is 0. The fourth-order valence-corrected chi connectivity index (χ4v) is 9.52. The second-order valence-electron chi connectivity index (χ2n) is 17.9. The van der Waals surface area contributed by atoms with E-state index in [1.807, 2.05) is 0 Å². The molecular formula is C55H48BN2. The lowest BCUT2D eigenvalue weighted by Crippen LogP contribution is -2.41. The van der Waals surface area contributed by atoms with Gasteiger partial charge >= 0.3 is 0 Å². The number of aryl methyl sites for hydroxylation is 2. The van der Waals surface area contributed by atoms with Crippen molar-refractivity contribution in [3.05, 3.63) is 186 Å². The first-order chi connectivity index (χ1) is 28.0. The van der Waals surface area contributed by atoms with Crippen molar-refractivity contribution < 1.29 is 0 Å². The molecule has 1 aliphatic heterocycles. The third-order valence-corrected chi connectivity index (χ3v) is 12.6. The first-order valence-electron chi connectivity index (χ1n) is 20.6. The van der Waals surface area contributed by atoms with E-state index < -0.39 is 0 Å². The second-order valence-corrected chi connectivity index (χ2v) is 17.9. The molecule has 1 heterocycles. The Morgan fingerprint density at radius 3 is 2.09 bits per heavy atom. The van der Waals surface area contributed by atoms with Crippen LogP contribution in [0.15, 0.2) is 158 Å². The number of hydrogen-bond acceptors (Lipinski definition) is 2. The molecule has 0 amide bonds. The van der Waals surface area contributed by atoms with Gasteiger partial charge < -0.3 is 10.2 Å². The molecule has 1 radical (unpaired) electrons. The summed E-state index contributed by atoms with van der Waals surface area (Å²) in [6.45, 7) is 16.1. The number of nitrogens with one attached hydrogen (secondary N) is 1. The van der Waals surface area contributed by atoms with Gasteiger partial charge in [-0.2, -0.15) is 0 Å². The average Bonchev–Trinajstić information content (AvgIpc) is 3.44. The van der Waals surface area contributed by atoms with Gasteiger partial charge in [0.2, 0.25) is 0 Å². The van der Waals surface area contributed by atoms with E-state index in [2.05, 4.69) is 224 Å². The molecule has 8 aromatic carbocycles. The first-order valence-corrected chi connectivity index (χ1v) is 20.6. The molecule has 0 atom stereocenters. The molecule has 58 heavy (non-hydrogen) atoms. The summed E-state index contributed by atoms with van der Waals surface area (Å²) >= 11 is 0. The molecule has 281 valence electrons. The Hall–Kier alpha value is -6.32. The predicted octanol–water partition coefficient (Wildman–Crippen LogP) is 13.6. The van der Waals surface area contributed by atoms with E-state index in [0.717, 1.165) is 11.4 Å². The maximum atomic E-state index is 3.89. The maximum Gasteiger partial charge on any atom is 0.197 e. The van der Waals surface area contributed by atoms with Crippen molar-refractivity contribution in [1.82, 2.24) is 0 Å². The molecule has 0 fully saturated rings. The standard InChI is InChI=1S/C55H48BN2/c1-34-29-44(52-41-18-12-11-17-37(41)21-27-48(52)57-40-25-23-39(24-26-40)54(3,4)5)53-51(30-34)58(49-28-22-38(31-35(49)2)36-15-9-8-10-16-36)50-33-46-43(32-47(50)56-53)42-19-13-14-20-45(42)55(46,6)7/h8-33,57H,1-7H3. The maximum absolute atomic E-state index is 3.89. The number of fused-ring (bicyclic) bond motifs is 6. The SMILES string of the molecule is Cc1cc(-c2c(Nc3ccc(C(C)(C)C)cc3)ccc3ccccc23)c2c(c1)N(c1ccc(-c3ccccc3)cc1C)c1cc3c(cc1[B]2)-c1ccccc1C3(C)C. The summed E-state index contributed by atoms with van der Waals surface area (Å²) in [5.41, 5.74) is 22.3. The highest BCUT2D eigenvalue weighted by atomic mass is 15.2. The van der Waals surface area contributed by atoms with Gasteiger partial charge in [-0.15, -0.1) is 0 Å². The predicted molar refractivity (Wildman–Crippen MR) is 250 cm³/mol. The van der Waals surface area contributed by atoms with Crippen molar-refractivity contribution in [2.75, 3.05) is 10.2 Å². The third kappa shape index (κ3) is 5.87. The van der Waals surface area contributed by atoms with E-state index in [9.17, 15) is 0 Å². The molecule has 0 spiro atoms. The first kappa shape index (κ1) is 36.1. The quantitative estimate of drug-likeness (QED) is 0.176. The molecule has 10 rings (SSSR count).